The number of amides is 1. The Kier molecular flexibility index (Phi) is 7.40. The molecule has 2 aliphatic heterocycles. The number of nitrogens with zero attached hydrogens (tertiary/aromatic N) is 3. The first-order chi connectivity index (χ1) is 17.1. The van der Waals surface area contributed by atoms with Crippen LogP contribution in [0.15, 0.2) is 24.5 Å². The van der Waals surface area contributed by atoms with Gasteiger partial charge in [-0.15, -0.1) is 11.3 Å². The zero-order chi connectivity index (χ0) is 24.2. The first-order valence-corrected chi connectivity index (χ1v) is 13.0. The van der Waals surface area contributed by atoms with Crippen molar-refractivity contribution in [1.82, 2.24) is 20.2 Å². The predicted octanol–water partition coefficient (Wildman–Crippen LogP) is 4.27. The number of carbonyl (C=O) groups excluding carboxylic acids is 1. The standard InChI is InChI=1S/C25H30FN5O3S/c1-16-21-23(30-19-6-5-17(26)13-20(19)34-18-7-12-33-14-18)28-15-29-25(21)35-22(16)24(32)27-8-4-11-31-9-2-3-10-31/h5-6,13,15,18H,2-4,7-12,14H2,1H3,(H,27,32)(H,28,29,30)/t18-/m1/s1. The quantitative estimate of drug-likeness (QED) is 0.425. The van der Waals surface area contributed by atoms with Crippen molar-refractivity contribution in [2.24, 2.45) is 0 Å². The first kappa shape index (κ1) is 23.9. The van der Waals surface area contributed by atoms with E-state index >= 15 is 0 Å². The van der Waals surface area contributed by atoms with Crippen molar-refractivity contribution in [3.63, 3.8) is 0 Å². The monoisotopic (exact) mass is 499 g/mol. The van der Waals surface area contributed by atoms with Gasteiger partial charge in [-0.05, 0) is 63.5 Å². The Morgan fingerprint density at radius 3 is 2.97 bits per heavy atom. The first-order valence-electron chi connectivity index (χ1n) is 12.1. The number of aromatic nitrogens is 2. The van der Waals surface area contributed by atoms with Crippen LogP contribution in [0.3, 0.4) is 0 Å². The summed E-state index contributed by atoms with van der Waals surface area (Å²) < 4.78 is 25.4. The highest BCUT2D eigenvalue weighted by molar-refractivity contribution is 7.20. The summed E-state index contributed by atoms with van der Waals surface area (Å²) in [6.45, 7) is 6.99. The number of likely N-dealkylation sites (tertiary alicyclic amines) is 1. The number of hydrogen-bond donors (Lipinski definition) is 2. The van der Waals surface area contributed by atoms with Crippen LogP contribution in [0.2, 0.25) is 0 Å². The van der Waals surface area contributed by atoms with Gasteiger partial charge in [0.25, 0.3) is 5.91 Å². The lowest BCUT2D eigenvalue weighted by atomic mass is 10.2. The maximum Gasteiger partial charge on any atom is 0.261 e. The van der Waals surface area contributed by atoms with Crippen molar-refractivity contribution in [3.8, 4) is 5.75 Å². The summed E-state index contributed by atoms with van der Waals surface area (Å²) in [6.07, 6.45) is 5.57. The van der Waals surface area contributed by atoms with E-state index in [-0.39, 0.29) is 17.8 Å². The zero-order valence-corrected chi connectivity index (χ0v) is 20.6. The molecular weight excluding hydrogens is 469 g/mol. The third-order valence-electron chi connectivity index (χ3n) is 6.45. The highest BCUT2D eigenvalue weighted by Gasteiger charge is 2.22. The van der Waals surface area contributed by atoms with E-state index in [1.165, 1.54) is 42.6 Å². The summed E-state index contributed by atoms with van der Waals surface area (Å²) in [5, 5.41) is 7.11. The predicted molar refractivity (Wildman–Crippen MR) is 134 cm³/mol. The summed E-state index contributed by atoms with van der Waals surface area (Å²) in [5.74, 6) is 0.477. The Hall–Kier alpha value is -2.82. The fourth-order valence-electron chi connectivity index (χ4n) is 4.58. The third-order valence-corrected chi connectivity index (χ3v) is 7.65. The topological polar surface area (TPSA) is 88.6 Å². The number of anilines is 2. The molecule has 0 aliphatic carbocycles. The SMILES string of the molecule is Cc1c(C(=O)NCCCN2CCCC2)sc2ncnc(Nc3ccc(F)cc3O[C@@H]3CCOC3)c12. The normalized spacial score (nSPS) is 18.3. The Bertz CT molecular complexity index is 1190. The van der Waals surface area contributed by atoms with Crippen LogP contribution in [0, 0.1) is 12.7 Å². The van der Waals surface area contributed by atoms with Crippen molar-refractivity contribution >= 4 is 39.0 Å². The Labute approximate surface area is 207 Å². The number of halogens is 1. The van der Waals surface area contributed by atoms with Crippen molar-refractivity contribution < 1.29 is 18.7 Å². The highest BCUT2D eigenvalue weighted by Crippen LogP contribution is 2.37. The Balaban J connectivity index is 1.32. The van der Waals surface area contributed by atoms with E-state index in [1.54, 1.807) is 6.07 Å². The van der Waals surface area contributed by atoms with Crippen LogP contribution in [0.1, 0.15) is 40.9 Å². The number of thiophene rings is 1. The molecule has 0 spiro atoms. The fraction of sp³-hybridized carbons (Fsp3) is 0.480. The molecule has 0 radical (unpaired) electrons. The lowest BCUT2D eigenvalue weighted by molar-refractivity contribution is 0.0955. The molecule has 8 nitrogen and oxygen atoms in total. The average Bonchev–Trinajstić information content (AvgIpc) is 3.61. The van der Waals surface area contributed by atoms with Crippen molar-refractivity contribution in [2.45, 2.75) is 38.7 Å². The van der Waals surface area contributed by atoms with E-state index in [0.717, 1.165) is 48.3 Å². The van der Waals surface area contributed by atoms with E-state index in [9.17, 15) is 9.18 Å². The molecule has 2 aromatic heterocycles. The highest BCUT2D eigenvalue weighted by atomic mass is 32.1. The number of rotatable bonds is 9. The van der Waals surface area contributed by atoms with Crippen LogP contribution in [0.4, 0.5) is 15.9 Å². The number of fused-ring (bicyclic) bond motifs is 1. The summed E-state index contributed by atoms with van der Waals surface area (Å²) in [4.78, 5) is 25.5. The van der Waals surface area contributed by atoms with Crippen molar-refractivity contribution in [3.05, 3.63) is 40.8 Å². The van der Waals surface area contributed by atoms with Gasteiger partial charge in [0.05, 0.1) is 29.2 Å². The van der Waals surface area contributed by atoms with E-state index in [0.29, 0.717) is 41.9 Å². The molecule has 2 fully saturated rings. The minimum atomic E-state index is -0.382. The van der Waals surface area contributed by atoms with Gasteiger partial charge in [0.2, 0.25) is 0 Å². The maximum absolute atomic E-state index is 14.0. The van der Waals surface area contributed by atoms with E-state index in [2.05, 4.69) is 25.5 Å². The molecule has 1 atom stereocenters. The van der Waals surface area contributed by atoms with Crippen LogP contribution in [0.5, 0.6) is 5.75 Å². The van der Waals surface area contributed by atoms with Gasteiger partial charge >= 0.3 is 0 Å². The molecule has 2 saturated heterocycles. The van der Waals surface area contributed by atoms with Crippen LogP contribution in [-0.2, 0) is 4.74 Å². The largest absolute Gasteiger partial charge is 0.486 e. The molecule has 186 valence electrons. The third kappa shape index (κ3) is 5.55. The summed E-state index contributed by atoms with van der Waals surface area (Å²) in [5.41, 5.74) is 1.41. The van der Waals surface area contributed by atoms with Gasteiger partial charge in [-0.1, -0.05) is 0 Å². The molecule has 4 heterocycles. The second-order valence-corrected chi connectivity index (χ2v) is 9.98. The summed E-state index contributed by atoms with van der Waals surface area (Å²) in [6, 6.07) is 4.37. The van der Waals surface area contributed by atoms with Gasteiger partial charge in [0, 0.05) is 19.0 Å². The number of hydrogen-bond acceptors (Lipinski definition) is 8. The molecule has 3 aromatic rings. The smallest absolute Gasteiger partial charge is 0.261 e. The lowest BCUT2D eigenvalue weighted by Crippen LogP contribution is -2.28. The molecule has 5 rings (SSSR count). The van der Waals surface area contributed by atoms with Crippen molar-refractivity contribution in [1.29, 1.82) is 0 Å². The molecule has 2 N–H and O–H groups in total. The van der Waals surface area contributed by atoms with Gasteiger partial charge in [0.15, 0.2) is 0 Å². The van der Waals surface area contributed by atoms with Gasteiger partial charge in [-0.3, -0.25) is 4.79 Å². The van der Waals surface area contributed by atoms with Crippen LogP contribution in [-0.4, -0.2) is 66.3 Å². The molecule has 35 heavy (non-hydrogen) atoms. The van der Waals surface area contributed by atoms with Crippen LogP contribution >= 0.6 is 11.3 Å². The number of aryl methyl sites for hydroxylation is 1. The lowest BCUT2D eigenvalue weighted by Gasteiger charge is -2.17. The molecule has 1 amide bonds. The fourth-order valence-corrected chi connectivity index (χ4v) is 5.65. The molecule has 0 bridgehead atoms. The minimum Gasteiger partial charge on any atom is -0.486 e. The van der Waals surface area contributed by atoms with Crippen molar-refractivity contribution in [2.75, 3.05) is 44.7 Å². The molecule has 2 aliphatic rings. The van der Waals surface area contributed by atoms with E-state index < -0.39 is 0 Å². The number of benzene rings is 1. The summed E-state index contributed by atoms with van der Waals surface area (Å²) in [7, 11) is 0. The zero-order valence-electron chi connectivity index (χ0n) is 19.8. The number of ether oxygens (including phenoxy) is 2. The Morgan fingerprint density at radius 2 is 2.17 bits per heavy atom. The van der Waals surface area contributed by atoms with Crippen LogP contribution < -0.4 is 15.4 Å². The number of carbonyl (C=O) groups is 1. The van der Waals surface area contributed by atoms with E-state index in [1.807, 2.05) is 6.92 Å². The van der Waals surface area contributed by atoms with Gasteiger partial charge in [-0.2, -0.15) is 0 Å². The van der Waals surface area contributed by atoms with Gasteiger partial charge < -0.3 is 25.0 Å². The van der Waals surface area contributed by atoms with E-state index in [4.69, 9.17) is 9.47 Å². The maximum atomic E-state index is 14.0. The molecule has 0 unspecified atom stereocenters. The summed E-state index contributed by atoms with van der Waals surface area (Å²) >= 11 is 1.35. The molecule has 0 saturated carbocycles. The Morgan fingerprint density at radius 1 is 1.31 bits per heavy atom. The average molecular weight is 500 g/mol. The molecule has 1 aromatic carbocycles. The van der Waals surface area contributed by atoms with Gasteiger partial charge in [-0.25, -0.2) is 14.4 Å². The molecule has 10 heteroatoms. The molecular formula is C25H30FN5O3S. The van der Waals surface area contributed by atoms with Crippen LogP contribution in [0.25, 0.3) is 10.2 Å². The minimum absolute atomic E-state index is 0.0927. The number of nitrogens with one attached hydrogen (secondary N) is 2. The second-order valence-electron chi connectivity index (χ2n) is 8.99. The van der Waals surface area contributed by atoms with Gasteiger partial charge in [0.1, 0.15) is 34.6 Å². The second kappa shape index (κ2) is 10.8.